The van der Waals surface area contributed by atoms with E-state index in [0.717, 1.165) is 13.2 Å². The monoisotopic (exact) mass is 219 g/mol. The van der Waals surface area contributed by atoms with E-state index in [-0.39, 0.29) is 0 Å². The maximum absolute atomic E-state index is 5.45. The van der Waals surface area contributed by atoms with Gasteiger partial charge in [0.1, 0.15) is 0 Å². The summed E-state index contributed by atoms with van der Waals surface area (Å²) in [5.74, 6) is 0.658. The number of hydrogen-bond acceptors (Lipinski definition) is 2. The minimum Gasteiger partial charge on any atom is -0.372 e. The molecular weight excluding hydrogens is 198 g/mol. The molecule has 0 aromatic heterocycles. The molecule has 2 nitrogen and oxygen atoms in total. The third kappa shape index (κ3) is 2.13. The van der Waals surface area contributed by atoms with Gasteiger partial charge in [-0.1, -0.05) is 38.5 Å². The van der Waals surface area contributed by atoms with E-state index in [9.17, 15) is 0 Å². The predicted octanol–water partition coefficient (Wildman–Crippen LogP) is 3.02. The molecule has 1 heterocycles. The topological polar surface area (TPSA) is 21.3 Å². The molecule has 1 aliphatic heterocycles. The molecule has 0 bridgehead atoms. The third-order valence-electron chi connectivity index (χ3n) is 3.63. The van der Waals surface area contributed by atoms with Gasteiger partial charge in [-0.15, -0.1) is 0 Å². The van der Waals surface area contributed by atoms with E-state index in [0.29, 0.717) is 12.0 Å². The minimum atomic E-state index is 0.455. The second kappa shape index (κ2) is 4.98. The molecule has 0 saturated carbocycles. The van der Waals surface area contributed by atoms with Crippen molar-refractivity contribution in [3.63, 3.8) is 0 Å². The summed E-state index contributed by atoms with van der Waals surface area (Å²) in [5, 5.41) is 3.42. The van der Waals surface area contributed by atoms with Crippen molar-refractivity contribution in [2.75, 3.05) is 7.05 Å². The van der Waals surface area contributed by atoms with E-state index in [1.54, 1.807) is 0 Å². The highest BCUT2D eigenvalue weighted by molar-refractivity contribution is 5.34. The standard InChI is InChI=1S/C14H21NO/c1-4-10(2)14(15-3)11-5-6-12-8-16-9-13(12)7-11/h5-7,10,14-15H,4,8-9H2,1-3H3. The van der Waals surface area contributed by atoms with Crippen LogP contribution >= 0.6 is 0 Å². The zero-order valence-corrected chi connectivity index (χ0v) is 10.4. The maximum atomic E-state index is 5.45. The van der Waals surface area contributed by atoms with Crippen LogP contribution in [0.15, 0.2) is 18.2 Å². The normalized spacial score (nSPS) is 18.2. The molecule has 1 aromatic carbocycles. The average molecular weight is 219 g/mol. The fourth-order valence-electron chi connectivity index (χ4n) is 2.40. The molecule has 0 spiro atoms. The highest BCUT2D eigenvalue weighted by atomic mass is 16.5. The number of hydrogen-bond donors (Lipinski definition) is 1. The van der Waals surface area contributed by atoms with Crippen molar-refractivity contribution in [1.29, 1.82) is 0 Å². The van der Waals surface area contributed by atoms with E-state index in [1.807, 2.05) is 7.05 Å². The van der Waals surface area contributed by atoms with E-state index in [4.69, 9.17) is 4.74 Å². The Kier molecular flexibility index (Phi) is 3.62. The number of nitrogens with one attached hydrogen (secondary N) is 1. The predicted molar refractivity (Wildman–Crippen MR) is 66.2 cm³/mol. The lowest BCUT2D eigenvalue weighted by atomic mass is 9.91. The van der Waals surface area contributed by atoms with Crippen molar-refractivity contribution in [3.8, 4) is 0 Å². The van der Waals surface area contributed by atoms with Crippen molar-refractivity contribution < 1.29 is 4.74 Å². The van der Waals surface area contributed by atoms with Crippen molar-refractivity contribution >= 4 is 0 Å². The Morgan fingerprint density at radius 2 is 2.06 bits per heavy atom. The number of rotatable bonds is 4. The molecule has 0 saturated heterocycles. The SMILES string of the molecule is CCC(C)C(NC)c1ccc2c(c1)COC2. The maximum Gasteiger partial charge on any atom is 0.0725 e. The van der Waals surface area contributed by atoms with E-state index in [2.05, 4.69) is 37.4 Å². The molecular formula is C14H21NO. The fourth-order valence-corrected chi connectivity index (χ4v) is 2.40. The van der Waals surface area contributed by atoms with Gasteiger partial charge in [0, 0.05) is 6.04 Å². The average Bonchev–Trinajstić information content (AvgIpc) is 2.77. The molecule has 2 atom stereocenters. The molecule has 0 radical (unpaired) electrons. The first kappa shape index (κ1) is 11.6. The van der Waals surface area contributed by atoms with Crippen LogP contribution < -0.4 is 5.32 Å². The van der Waals surface area contributed by atoms with Crippen LogP contribution in [0.25, 0.3) is 0 Å². The van der Waals surface area contributed by atoms with Crippen molar-refractivity contribution in [2.45, 2.75) is 39.5 Å². The first-order valence-electron chi connectivity index (χ1n) is 6.13. The summed E-state index contributed by atoms with van der Waals surface area (Å²) < 4.78 is 5.45. The lowest BCUT2D eigenvalue weighted by Crippen LogP contribution is -2.23. The molecule has 1 N–H and O–H groups in total. The summed E-state index contributed by atoms with van der Waals surface area (Å²) in [7, 11) is 2.04. The summed E-state index contributed by atoms with van der Waals surface area (Å²) in [6.45, 7) is 6.10. The number of ether oxygens (including phenoxy) is 1. The molecule has 2 rings (SSSR count). The van der Waals surface area contributed by atoms with E-state index in [1.165, 1.54) is 23.1 Å². The van der Waals surface area contributed by atoms with Crippen LogP contribution in [0.3, 0.4) is 0 Å². The lowest BCUT2D eigenvalue weighted by Gasteiger charge is -2.23. The third-order valence-corrected chi connectivity index (χ3v) is 3.63. The van der Waals surface area contributed by atoms with Crippen molar-refractivity contribution in [1.82, 2.24) is 5.32 Å². The van der Waals surface area contributed by atoms with Crippen LogP contribution in [0, 0.1) is 5.92 Å². The van der Waals surface area contributed by atoms with E-state index < -0.39 is 0 Å². The minimum absolute atomic E-state index is 0.455. The fraction of sp³-hybridized carbons (Fsp3) is 0.571. The van der Waals surface area contributed by atoms with Gasteiger partial charge in [-0.2, -0.15) is 0 Å². The Morgan fingerprint density at radius 3 is 2.75 bits per heavy atom. The molecule has 1 aliphatic rings. The van der Waals surface area contributed by atoms with Crippen LogP contribution in [0.1, 0.15) is 43.0 Å². The van der Waals surface area contributed by atoms with Crippen molar-refractivity contribution in [2.24, 2.45) is 5.92 Å². The summed E-state index contributed by atoms with van der Waals surface area (Å²) in [6, 6.07) is 7.21. The van der Waals surface area contributed by atoms with Gasteiger partial charge in [-0.25, -0.2) is 0 Å². The Labute approximate surface area is 98.0 Å². The van der Waals surface area contributed by atoms with Gasteiger partial charge >= 0.3 is 0 Å². The zero-order chi connectivity index (χ0) is 11.5. The first-order valence-corrected chi connectivity index (χ1v) is 6.13. The smallest absolute Gasteiger partial charge is 0.0725 e. The summed E-state index contributed by atoms with van der Waals surface area (Å²) in [5.41, 5.74) is 4.10. The highest BCUT2D eigenvalue weighted by Crippen LogP contribution is 2.28. The van der Waals surface area contributed by atoms with Crippen LogP contribution in [-0.2, 0) is 18.0 Å². The van der Waals surface area contributed by atoms with Crippen LogP contribution in [0.5, 0.6) is 0 Å². The van der Waals surface area contributed by atoms with Gasteiger partial charge in [-0.3, -0.25) is 0 Å². The van der Waals surface area contributed by atoms with E-state index >= 15 is 0 Å². The molecule has 2 unspecified atom stereocenters. The quantitative estimate of drug-likeness (QED) is 0.840. The Balaban J connectivity index is 2.25. The summed E-state index contributed by atoms with van der Waals surface area (Å²) in [6.07, 6.45) is 1.19. The molecule has 16 heavy (non-hydrogen) atoms. The van der Waals surface area contributed by atoms with Gasteiger partial charge < -0.3 is 10.1 Å². The molecule has 0 fully saturated rings. The Hall–Kier alpha value is -0.860. The lowest BCUT2D eigenvalue weighted by molar-refractivity contribution is 0.134. The first-order chi connectivity index (χ1) is 7.76. The number of benzene rings is 1. The Bertz CT molecular complexity index is 362. The molecule has 0 aliphatic carbocycles. The summed E-state index contributed by atoms with van der Waals surface area (Å²) >= 11 is 0. The second-order valence-electron chi connectivity index (χ2n) is 4.67. The molecule has 88 valence electrons. The van der Waals surface area contributed by atoms with Gasteiger partial charge in [-0.05, 0) is 29.7 Å². The Morgan fingerprint density at radius 1 is 1.31 bits per heavy atom. The van der Waals surface area contributed by atoms with Gasteiger partial charge in [0.25, 0.3) is 0 Å². The van der Waals surface area contributed by atoms with Crippen LogP contribution in [0.2, 0.25) is 0 Å². The van der Waals surface area contributed by atoms with Crippen LogP contribution in [-0.4, -0.2) is 7.05 Å². The number of fused-ring (bicyclic) bond motifs is 1. The molecule has 0 amide bonds. The highest BCUT2D eigenvalue weighted by Gasteiger charge is 2.18. The summed E-state index contributed by atoms with van der Waals surface area (Å²) in [4.78, 5) is 0. The molecule has 2 heteroatoms. The second-order valence-corrected chi connectivity index (χ2v) is 4.67. The zero-order valence-electron chi connectivity index (χ0n) is 10.4. The van der Waals surface area contributed by atoms with Gasteiger partial charge in [0.15, 0.2) is 0 Å². The van der Waals surface area contributed by atoms with Crippen LogP contribution in [0.4, 0.5) is 0 Å². The molecule has 1 aromatic rings. The van der Waals surface area contributed by atoms with Gasteiger partial charge in [0.2, 0.25) is 0 Å². The largest absolute Gasteiger partial charge is 0.372 e. The van der Waals surface area contributed by atoms with Crippen molar-refractivity contribution in [3.05, 3.63) is 34.9 Å². The van der Waals surface area contributed by atoms with Gasteiger partial charge in [0.05, 0.1) is 13.2 Å².